The third kappa shape index (κ3) is 4.36. The largest absolute Gasteiger partial charge is 0.417 e. The smallest absolute Gasteiger partial charge is 0.193 e. The fourth-order valence-electron chi connectivity index (χ4n) is 5.93. The molecule has 170 valence electrons. The maximum absolute atomic E-state index is 11.0. The van der Waals surface area contributed by atoms with E-state index in [9.17, 15) is 5.11 Å². The molecule has 5 heteroatoms. The van der Waals surface area contributed by atoms with Gasteiger partial charge in [0.1, 0.15) is 0 Å². The summed E-state index contributed by atoms with van der Waals surface area (Å²) >= 11 is 0. The highest BCUT2D eigenvalue weighted by molar-refractivity contribution is 6.74. The van der Waals surface area contributed by atoms with E-state index in [4.69, 9.17) is 8.85 Å². The molecular formula is C24H48O3Si2. The van der Waals surface area contributed by atoms with E-state index in [1.165, 1.54) is 0 Å². The molecule has 2 rings (SSSR count). The zero-order chi connectivity index (χ0) is 22.3. The maximum atomic E-state index is 11.0. The minimum Gasteiger partial charge on any atom is -0.417 e. The van der Waals surface area contributed by atoms with Crippen molar-refractivity contribution in [1.82, 2.24) is 0 Å². The summed E-state index contributed by atoms with van der Waals surface area (Å²) in [4.78, 5) is 0. The predicted molar refractivity (Wildman–Crippen MR) is 129 cm³/mol. The molecule has 2 aliphatic rings. The van der Waals surface area contributed by atoms with Gasteiger partial charge in [0.25, 0.3) is 0 Å². The topological polar surface area (TPSA) is 38.7 Å². The highest BCUT2D eigenvalue weighted by atomic mass is 28.4. The van der Waals surface area contributed by atoms with Crippen LogP contribution in [0.5, 0.6) is 0 Å². The molecule has 2 aliphatic carbocycles. The highest BCUT2D eigenvalue weighted by Crippen LogP contribution is 2.62. The third-order valence-corrected chi connectivity index (χ3v) is 18.3. The third-order valence-electron chi connectivity index (χ3n) is 9.15. The van der Waals surface area contributed by atoms with E-state index in [2.05, 4.69) is 74.2 Å². The molecule has 2 bridgehead atoms. The summed E-state index contributed by atoms with van der Waals surface area (Å²) in [6.07, 6.45) is 3.69. The summed E-state index contributed by atoms with van der Waals surface area (Å²) in [6, 6.07) is 3.41. The fraction of sp³-hybridized carbons (Fsp3) is 0.917. The summed E-state index contributed by atoms with van der Waals surface area (Å²) in [5.41, 5.74) is -0.339. The Balaban J connectivity index is 2.22. The lowest BCUT2D eigenvalue weighted by Gasteiger charge is -2.42. The molecule has 29 heavy (non-hydrogen) atoms. The predicted octanol–water partition coefficient (Wildman–Crippen LogP) is 6.61. The minimum atomic E-state index is -1.80. The van der Waals surface area contributed by atoms with Gasteiger partial charge in [-0.25, -0.2) is 0 Å². The molecule has 0 unspecified atom stereocenters. The van der Waals surface area contributed by atoms with Crippen LogP contribution in [0, 0.1) is 23.7 Å². The Bertz CT molecular complexity index is 559. The molecule has 0 aromatic carbocycles. The molecular weight excluding hydrogens is 392 g/mol. The van der Waals surface area contributed by atoms with E-state index >= 15 is 0 Å². The lowest BCUT2D eigenvalue weighted by Crippen LogP contribution is -2.50. The van der Waals surface area contributed by atoms with Crippen molar-refractivity contribution in [3.8, 4) is 0 Å². The van der Waals surface area contributed by atoms with Crippen LogP contribution in [-0.2, 0) is 8.85 Å². The van der Waals surface area contributed by atoms with E-state index in [0.29, 0.717) is 17.8 Å². The first kappa shape index (κ1) is 25.3. The van der Waals surface area contributed by atoms with Crippen LogP contribution in [0.1, 0.15) is 61.3 Å². The highest BCUT2D eigenvalue weighted by Gasteiger charge is 2.66. The van der Waals surface area contributed by atoms with Crippen LogP contribution in [0.15, 0.2) is 12.7 Å². The molecule has 0 radical (unpaired) electrons. The molecule has 6 atom stereocenters. The second-order valence-corrected chi connectivity index (χ2v) is 20.8. The number of hydrogen-bond donors (Lipinski definition) is 1. The van der Waals surface area contributed by atoms with Gasteiger partial charge < -0.3 is 14.0 Å². The van der Waals surface area contributed by atoms with Gasteiger partial charge in [0, 0.05) is 12.5 Å². The quantitative estimate of drug-likeness (QED) is 0.307. The Morgan fingerprint density at radius 2 is 1.69 bits per heavy atom. The molecule has 0 spiro atoms. The van der Waals surface area contributed by atoms with Gasteiger partial charge in [-0.2, -0.15) is 0 Å². The Morgan fingerprint density at radius 1 is 1.14 bits per heavy atom. The van der Waals surface area contributed by atoms with E-state index in [1.807, 2.05) is 0 Å². The van der Waals surface area contributed by atoms with E-state index < -0.39 is 16.6 Å². The van der Waals surface area contributed by atoms with Gasteiger partial charge in [-0.3, -0.25) is 0 Å². The molecule has 2 fully saturated rings. The number of fused-ring (bicyclic) bond motifs is 2. The lowest BCUT2D eigenvalue weighted by atomic mass is 9.77. The number of aliphatic hydroxyl groups is 1. The molecule has 0 aliphatic heterocycles. The maximum Gasteiger partial charge on any atom is 0.193 e. The number of hydrogen-bond acceptors (Lipinski definition) is 3. The van der Waals surface area contributed by atoms with Gasteiger partial charge in [0.15, 0.2) is 16.6 Å². The Kier molecular flexibility index (Phi) is 7.76. The van der Waals surface area contributed by atoms with Crippen LogP contribution < -0.4 is 0 Å². The first-order valence-corrected chi connectivity index (χ1v) is 17.4. The first-order valence-electron chi connectivity index (χ1n) is 12.0. The van der Waals surface area contributed by atoms with Crippen molar-refractivity contribution in [2.24, 2.45) is 23.7 Å². The Morgan fingerprint density at radius 3 is 2.14 bits per heavy atom. The summed E-state index contributed by atoms with van der Waals surface area (Å²) < 4.78 is 13.7. The van der Waals surface area contributed by atoms with Gasteiger partial charge in [-0.1, -0.05) is 54.5 Å². The Labute approximate surface area is 182 Å². The number of rotatable bonds is 10. The van der Waals surface area contributed by atoms with Gasteiger partial charge in [-0.15, -0.1) is 6.58 Å². The van der Waals surface area contributed by atoms with Crippen LogP contribution in [0.25, 0.3) is 0 Å². The van der Waals surface area contributed by atoms with Gasteiger partial charge in [0.05, 0.1) is 11.7 Å². The van der Waals surface area contributed by atoms with Crippen LogP contribution in [-0.4, -0.2) is 40.1 Å². The van der Waals surface area contributed by atoms with Crippen molar-refractivity contribution in [3.63, 3.8) is 0 Å². The lowest BCUT2D eigenvalue weighted by molar-refractivity contribution is 0.00616. The number of aliphatic hydroxyl groups excluding tert-OH is 1. The Hall–Kier alpha value is 0.0538. The van der Waals surface area contributed by atoms with Crippen LogP contribution >= 0.6 is 0 Å². The minimum absolute atomic E-state index is 0.166. The molecule has 2 saturated carbocycles. The zero-order valence-corrected chi connectivity index (χ0v) is 22.7. The van der Waals surface area contributed by atoms with Gasteiger partial charge >= 0.3 is 0 Å². The average Bonchev–Trinajstić information content (AvgIpc) is 3.05. The summed E-state index contributed by atoms with van der Waals surface area (Å²) in [6.45, 7) is 25.8. The monoisotopic (exact) mass is 440 g/mol. The van der Waals surface area contributed by atoms with Crippen LogP contribution in [0.2, 0.25) is 36.3 Å². The molecule has 0 saturated heterocycles. The molecule has 1 N–H and O–H groups in total. The zero-order valence-electron chi connectivity index (χ0n) is 20.7. The van der Waals surface area contributed by atoms with E-state index in [0.717, 1.165) is 37.6 Å². The molecule has 0 aromatic heterocycles. The second kappa shape index (κ2) is 8.89. The fourth-order valence-corrected chi connectivity index (χ4v) is 10.0. The van der Waals surface area contributed by atoms with Crippen molar-refractivity contribution < 1.29 is 14.0 Å². The summed E-state index contributed by atoms with van der Waals surface area (Å²) in [5, 5.41) is 11.3. The second-order valence-electron chi connectivity index (χ2n) is 11.3. The molecule has 0 heterocycles. The molecule has 0 amide bonds. The van der Waals surface area contributed by atoms with Crippen molar-refractivity contribution in [3.05, 3.63) is 12.7 Å². The van der Waals surface area contributed by atoms with E-state index in [1.54, 1.807) is 0 Å². The van der Waals surface area contributed by atoms with Crippen molar-refractivity contribution >= 4 is 16.6 Å². The normalized spacial score (nSPS) is 35.3. The van der Waals surface area contributed by atoms with Gasteiger partial charge in [-0.05, 0) is 66.9 Å². The van der Waals surface area contributed by atoms with Crippen molar-refractivity contribution in [2.75, 3.05) is 6.61 Å². The van der Waals surface area contributed by atoms with Crippen molar-refractivity contribution in [1.29, 1.82) is 0 Å². The average molecular weight is 441 g/mol. The molecule has 0 aromatic rings. The first-order chi connectivity index (χ1) is 13.3. The van der Waals surface area contributed by atoms with Crippen LogP contribution in [0.3, 0.4) is 0 Å². The summed E-state index contributed by atoms with van der Waals surface area (Å²) in [7, 11) is -3.54. The van der Waals surface area contributed by atoms with Crippen molar-refractivity contribution in [2.45, 2.75) is 109 Å². The summed E-state index contributed by atoms with van der Waals surface area (Å²) in [5.74, 6) is 1.54. The standard InChI is InChI=1S/C24H48O3Si2/c1-11-24(27-29(12-2,13-3)14-4)20-17-21(25)22(24)19(18(20)5)15-16-26-28(9,10)23(6,7)8/h11,18-22,25H,1,12-17H2,2-10H3/t18-,19-,20+,21+,22+,24-/m0/s1. The molecule has 3 nitrogen and oxygen atoms in total. The SMILES string of the molecule is C=C[C@@]1(O[Si](CC)(CC)CC)[C@@H]2[C@@H](CCO[Si](C)(C)C(C)(C)C)[C@H](C)[C@H]1C[C@H]2O. The van der Waals surface area contributed by atoms with Gasteiger partial charge in [0.2, 0.25) is 0 Å². The van der Waals surface area contributed by atoms with Crippen LogP contribution in [0.4, 0.5) is 0 Å². The van der Waals surface area contributed by atoms with E-state index in [-0.39, 0.29) is 22.7 Å².